The molecule has 2 N–H and O–H groups in total. The van der Waals surface area contributed by atoms with E-state index in [-0.39, 0.29) is 24.6 Å². The normalized spacial score (nSPS) is 23.5. The van der Waals surface area contributed by atoms with Crippen molar-refractivity contribution in [2.24, 2.45) is 0 Å². The van der Waals surface area contributed by atoms with Gasteiger partial charge in [-0.2, -0.15) is 0 Å². The molecule has 1 amide bonds. The Balaban J connectivity index is 1.80. The standard InChI is InChI=1S/C28H36BrN3O8/c1-7-36-24(33)21-19(30)17(14-31(21)25(34)37-15-16-11-9-8-10-12-16)20-23-22(38-28(5,6)39-23)18(13-29)32(20)26(35)40-27(2,3)4/h8-12,14,18,20,22-23H,7,13,15,30H2,1-6H3/t18-,20+,22-,23+/m1/s1. The quantitative estimate of drug-likeness (QED) is 0.268. The number of esters is 1. The van der Waals surface area contributed by atoms with E-state index in [2.05, 4.69) is 15.9 Å². The number of halogens is 1. The summed E-state index contributed by atoms with van der Waals surface area (Å²) in [6, 6.07) is 7.78. The SMILES string of the molecule is CCOC(=O)c1c(N)c([C@H]2[C@@H]3OC(C)(C)O[C@@H]3[C@@H](CBr)N2C(=O)OC(C)(C)C)cn1C(=O)OCc1ccccc1. The minimum Gasteiger partial charge on any atom is -0.461 e. The van der Waals surface area contributed by atoms with E-state index in [1.807, 2.05) is 30.3 Å². The topological polar surface area (TPSA) is 132 Å². The number of nitrogens with zero attached hydrogens (tertiary/aromatic N) is 2. The van der Waals surface area contributed by atoms with Gasteiger partial charge in [0.25, 0.3) is 0 Å². The summed E-state index contributed by atoms with van der Waals surface area (Å²) in [6.07, 6.45) is -1.24. The van der Waals surface area contributed by atoms with Gasteiger partial charge < -0.3 is 29.4 Å². The molecular formula is C28H36BrN3O8. The Morgan fingerprint density at radius 3 is 2.30 bits per heavy atom. The molecule has 218 valence electrons. The van der Waals surface area contributed by atoms with Gasteiger partial charge in [-0.15, -0.1) is 0 Å². The highest BCUT2D eigenvalue weighted by atomic mass is 79.9. The number of amides is 1. The molecular weight excluding hydrogens is 586 g/mol. The summed E-state index contributed by atoms with van der Waals surface area (Å²) < 4.78 is 30.0. The Labute approximate surface area is 241 Å². The van der Waals surface area contributed by atoms with Gasteiger partial charge in [-0.05, 0) is 47.1 Å². The minimum atomic E-state index is -0.941. The van der Waals surface area contributed by atoms with Crippen molar-refractivity contribution in [2.75, 3.05) is 17.7 Å². The zero-order chi connectivity index (χ0) is 29.4. The number of hydrogen-bond acceptors (Lipinski definition) is 9. The fourth-order valence-electron chi connectivity index (χ4n) is 5.05. The predicted molar refractivity (Wildman–Crippen MR) is 149 cm³/mol. The number of nitrogens with two attached hydrogens (primary N) is 1. The van der Waals surface area contributed by atoms with Crippen LogP contribution in [0.15, 0.2) is 36.5 Å². The molecule has 0 spiro atoms. The van der Waals surface area contributed by atoms with Gasteiger partial charge in [0.15, 0.2) is 11.5 Å². The Kier molecular flexibility index (Phi) is 8.53. The molecule has 0 aliphatic carbocycles. The fourth-order valence-corrected chi connectivity index (χ4v) is 5.73. The van der Waals surface area contributed by atoms with Gasteiger partial charge in [-0.1, -0.05) is 46.3 Å². The smallest absolute Gasteiger partial charge is 0.419 e. The number of ether oxygens (including phenoxy) is 5. The lowest BCUT2D eigenvalue weighted by Crippen LogP contribution is -2.46. The maximum absolute atomic E-state index is 13.6. The summed E-state index contributed by atoms with van der Waals surface area (Å²) in [7, 11) is 0. The lowest BCUT2D eigenvalue weighted by Gasteiger charge is -2.35. The van der Waals surface area contributed by atoms with Crippen LogP contribution in [0.3, 0.4) is 0 Å². The van der Waals surface area contributed by atoms with Crippen LogP contribution in [-0.4, -0.2) is 69.2 Å². The molecule has 4 atom stereocenters. The summed E-state index contributed by atoms with van der Waals surface area (Å²) >= 11 is 3.52. The molecule has 1 aromatic carbocycles. The van der Waals surface area contributed by atoms with Crippen molar-refractivity contribution in [3.63, 3.8) is 0 Å². The Bertz CT molecular complexity index is 1260. The number of aromatic nitrogens is 1. The summed E-state index contributed by atoms with van der Waals surface area (Å²) in [5.74, 6) is -1.74. The van der Waals surface area contributed by atoms with Gasteiger partial charge in [-0.25, -0.2) is 19.0 Å². The van der Waals surface area contributed by atoms with E-state index >= 15 is 0 Å². The number of nitrogen functional groups attached to an aromatic ring is 1. The van der Waals surface area contributed by atoms with Gasteiger partial charge in [-0.3, -0.25) is 4.90 Å². The minimum absolute atomic E-state index is 0.0235. The van der Waals surface area contributed by atoms with E-state index in [9.17, 15) is 14.4 Å². The van der Waals surface area contributed by atoms with Crippen molar-refractivity contribution in [1.82, 2.24) is 9.47 Å². The second-order valence-corrected chi connectivity index (χ2v) is 11.7. The molecule has 0 radical (unpaired) electrons. The summed E-state index contributed by atoms with van der Waals surface area (Å²) in [5.41, 5.74) is 6.63. The molecule has 0 bridgehead atoms. The van der Waals surface area contributed by atoms with E-state index in [0.29, 0.717) is 10.9 Å². The molecule has 12 heteroatoms. The molecule has 2 aliphatic heterocycles. The van der Waals surface area contributed by atoms with E-state index in [0.717, 1.165) is 10.1 Å². The maximum Gasteiger partial charge on any atom is 0.419 e. The highest BCUT2D eigenvalue weighted by Crippen LogP contribution is 2.50. The third-order valence-electron chi connectivity index (χ3n) is 6.54. The number of benzene rings is 1. The lowest BCUT2D eigenvalue weighted by atomic mass is 10.0. The van der Waals surface area contributed by atoms with Crippen LogP contribution >= 0.6 is 15.9 Å². The Morgan fingerprint density at radius 2 is 1.70 bits per heavy atom. The third-order valence-corrected chi connectivity index (χ3v) is 7.20. The summed E-state index contributed by atoms with van der Waals surface area (Å²) in [4.78, 5) is 41.4. The fraction of sp³-hybridized carbons (Fsp3) is 0.536. The zero-order valence-corrected chi connectivity index (χ0v) is 25.1. The van der Waals surface area contributed by atoms with Crippen LogP contribution in [0.5, 0.6) is 0 Å². The number of alkyl halides is 1. The van der Waals surface area contributed by atoms with Gasteiger partial charge in [0.2, 0.25) is 0 Å². The number of hydrogen-bond donors (Lipinski definition) is 1. The molecule has 2 saturated heterocycles. The first-order valence-corrected chi connectivity index (χ1v) is 14.2. The van der Waals surface area contributed by atoms with Crippen LogP contribution in [-0.2, 0) is 30.3 Å². The number of carbonyl (C=O) groups excluding carboxylic acids is 3. The zero-order valence-electron chi connectivity index (χ0n) is 23.5. The first kappa shape index (κ1) is 29.9. The highest BCUT2D eigenvalue weighted by Gasteiger charge is 2.60. The third kappa shape index (κ3) is 5.98. The van der Waals surface area contributed by atoms with Crippen molar-refractivity contribution in [2.45, 2.75) is 83.8 Å². The molecule has 0 unspecified atom stereocenters. The molecule has 0 saturated carbocycles. The molecule has 11 nitrogen and oxygen atoms in total. The van der Waals surface area contributed by atoms with Gasteiger partial charge in [0, 0.05) is 17.1 Å². The van der Waals surface area contributed by atoms with E-state index in [1.165, 1.54) is 11.1 Å². The van der Waals surface area contributed by atoms with Crippen LogP contribution in [0.2, 0.25) is 0 Å². The van der Waals surface area contributed by atoms with Crippen LogP contribution in [0.1, 0.15) is 69.2 Å². The molecule has 4 rings (SSSR count). The maximum atomic E-state index is 13.6. The number of rotatable bonds is 6. The first-order chi connectivity index (χ1) is 18.8. The molecule has 1 aromatic heterocycles. The van der Waals surface area contributed by atoms with Crippen LogP contribution in [0.25, 0.3) is 0 Å². The second kappa shape index (κ2) is 11.4. The first-order valence-electron chi connectivity index (χ1n) is 13.1. The monoisotopic (exact) mass is 621 g/mol. The van der Waals surface area contributed by atoms with E-state index in [1.54, 1.807) is 41.5 Å². The van der Waals surface area contributed by atoms with Crippen molar-refractivity contribution in [3.05, 3.63) is 53.3 Å². The van der Waals surface area contributed by atoms with Crippen molar-refractivity contribution >= 4 is 39.8 Å². The van der Waals surface area contributed by atoms with Gasteiger partial charge in [0.05, 0.1) is 24.4 Å². The van der Waals surface area contributed by atoms with Crippen LogP contribution in [0, 0.1) is 0 Å². The second-order valence-electron chi connectivity index (χ2n) is 11.1. The van der Waals surface area contributed by atoms with Crippen molar-refractivity contribution in [3.8, 4) is 0 Å². The van der Waals surface area contributed by atoms with E-state index in [4.69, 9.17) is 29.4 Å². The molecule has 40 heavy (non-hydrogen) atoms. The Hall–Kier alpha value is -3.09. The number of carbonyl (C=O) groups is 3. The predicted octanol–water partition coefficient (Wildman–Crippen LogP) is 5.01. The highest BCUT2D eigenvalue weighted by molar-refractivity contribution is 9.09. The Morgan fingerprint density at radius 1 is 1.05 bits per heavy atom. The summed E-state index contributed by atoms with van der Waals surface area (Å²) in [6.45, 7) is 10.6. The van der Waals surface area contributed by atoms with Gasteiger partial charge in [0.1, 0.15) is 24.4 Å². The number of likely N-dealkylation sites (tertiary alicyclic amines) is 1. The molecule has 2 fully saturated rings. The van der Waals surface area contributed by atoms with Crippen LogP contribution < -0.4 is 5.73 Å². The molecule has 2 aliphatic rings. The summed E-state index contributed by atoms with van der Waals surface area (Å²) in [5, 5.41) is 0.355. The largest absolute Gasteiger partial charge is 0.461 e. The average molecular weight is 623 g/mol. The van der Waals surface area contributed by atoms with E-state index < -0.39 is 53.8 Å². The van der Waals surface area contributed by atoms with Gasteiger partial charge >= 0.3 is 18.2 Å². The average Bonchev–Trinajstić information content (AvgIpc) is 3.47. The molecule has 3 heterocycles. The number of fused-ring (bicyclic) bond motifs is 1. The molecule has 2 aromatic rings. The van der Waals surface area contributed by atoms with Crippen LogP contribution in [0.4, 0.5) is 15.3 Å². The van der Waals surface area contributed by atoms with Crippen molar-refractivity contribution in [1.29, 1.82) is 0 Å². The van der Waals surface area contributed by atoms with Crippen molar-refractivity contribution < 1.29 is 38.1 Å². The lowest BCUT2D eigenvalue weighted by molar-refractivity contribution is -0.165. The number of anilines is 1.